The zero-order chi connectivity index (χ0) is 12.1. The molecule has 1 saturated heterocycles. The molecule has 0 radical (unpaired) electrons. The van der Waals surface area contributed by atoms with E-state index < -0.39 is 0 Å². The summed E-state index contributed by atoms with van der Waals surface area (Å²) >= 11 is 0. The maximum absolute atomic E-state index is 11.8. The summed E-state index contributed by atoms with van der Waals surface area (Å²) in [5.41, 5.74) is 1.09. The van der Waals surface area contributed by atoms with Gasteiger partial charge in [-0.05, 0) is 12.0 Å². The van der Waals surface area contributed by atoms with Crippen molar-refractivity contribution in [1.29, 1.82) is 5.26 Å². The molecule has 1 amide bonds. The molecule has 88 valence electrons. The molecule has 1 aromatic rings. The third-order valence-electron chi connectivity index (χ3n) is 3.01. The molecule has 0 unspecified atom stereocenters. The molecule has 0 aliphatic carbocycles. The van der Waals surface area contributed by atoms with Gasteiger partial charge in [0.1, 0.15) is 0 Å². The molecule has 1 aliphatic rings. The van der Waals surface area contributed by atoms with Crippen LogP contribution in [0.1, 0.15) is 12.0 Å². The van der Waals surface area contributed by atoms with E-state index in [4.69, 9.17) is 5.26 Å². The van der Waals surface area contributed by atoms with E-state index in [9.17, 15) is 4.79 Å². The third-order valence-corrected chi connectivity index (χ3v) is 3.01. The van der Waals surface area contributed by atoms with Crippen LogP contribution in [-0.2, 0) is 11.3 Å². The zero-order valence-corrected chi connectivity index (χ0v) is 9.60. The first-order chi connectivity index (χ1) is 8.29. The van der Waals surface area contributed by atoms with Gasteiger partial charge in [-0.1, -0.05) is 30.3 Å². The van der Waals surface area contributed by atoms with E-state index in [0.29, 0.717) is 19.6 Å². The van der Waals surface area contributed by atoms with E-state index in [2.05, 4.69) is 11.5 Å². The Balaban J connectivity index is 1.81. The second-order valence-corrected chi connectivity index (χ2v) is 4.24. The Labute approximate surface area is 101 Å². The van der Waals surface area contributed by atoms with Gasteiger partial charge in [0.2, 0.25) is 5.91 Å². The molecule has 1 N–H and O–H groups in total. The second kappa shape index (κ2) is 5.35. The summed E-state index contributed by atoms with van der Waals surface area (Å²) in [5.74, 6) is 0.00460. The molecule has 4 heteroatoms. The molecular weight excluding hydrogens is 214 g/mol. The number of carbonyl (C=O) groups excluding carboxylic acids is 1. The molecule has 1 heterocycles. The minimum Gasteiger partial charge on any atom is -0.352 e. The van der Waals surface area contributed by atoms with E-state index in [1.807, 2.05) is 30.3 Å². The zero-order valence-electron chi connectivity index (χ0n) is 9.60. The molecular formula is C13H15N3O. The third kappa shape index (κ3) is 2.97. The number of rotatable bonds is 3. The largest absolute Gasteiger partial charge is 0.352 e. The Kier molecular flexibility index (Phi) is 3.61. The topological polar surface area (TPSA) is 56.1 Å². The first-order valence-electron chi connectivity index (χ1n) is 5.76. The van der Waals surface area contributed by atoms with Crippen molar-refractivity contribution >= 4 is 5.91 Å². The van der Waals surface area contributed by atoms with Crippen molar-refractivity contribution in [3.63, 3.8) is 0 Å². The number of nitriles is 1. The lowest BCUT2D eigenvalue weighted by atomic mass is 10.1. The monoisotopic (exact) mass is 229 g/mol. The fourth-order valence-electron chi connectivity index (χ4n) is 1.99. The van der Waals surface area contributed by atoms with Crippen LogP contribution >= 0.6 is 0 Å². The average Bonchev–Trinajstić information content (AvgIpc) is 2.86. The maximum Gasteiger partial charge on any atom is 0.225 e. The van der Waals surface area contributed by atoms with Crippen molar-refractivity contribution < 1.29 is 4.79 Å². The van der Waals surface area contributed by atoms with E-state index in [1.165, 1.54) is 0 Å². The normalized spacial score (nSPS) is 18.8. The van der Waals surface area contributed by atoms with Gasteiger partial charge >= 0.3 is 0 Å². The van der Waals surface area contributed by atoms with Crippen LogP contribution in [0.3, 0.4) is 0 Å². The standard InChI is InChI=1S/C13H15N3O/c14-10-16-7-6-12(9-16)13(17)15-8-11-4-2-1-3-5-11/h1-5,12H,6-9H2,(H,15,17)/t12-/m0/s1. The summed E-state index contributed by atoms with van der Waals surface area (Å²) in [6, 6.07) is 9.82. The van der Waals surface area contributed by atoms with Gasteiger partial charge in [-0.25, -0.2) is 0 Å². The van der Waals surface area contributed by atoms with E-state index in [0.717, 1.165) is 12.0 Å². The number of amides is 1. The van der Waals surface area contributed by atoms with E-state index in [-0.39, 0.29) is 11.8 Å². The van der Waals surface area contributed by atoms with Crippen molar-refractivity contribution in [2.45, 2.75) is 13.0 Å². The molecule has 0 saturated carbocycles. The minimum absolute atomic E-state index is 0.0432. The van der Waals surface area contributed by atoms with Gasteiger partial charge in [-0.3, -0.25) is 4.79 Å². The highest BCUT2D eigenvalue weighted by atomic mass is 16.1. The molecule has 1 aromatic carbocycles. The summed E-state index contributed by atoms with van der Waals surface area (Å²) in [6.07, 6.45) is 2.85. The van der Waals surface area contributed by atoms with Crippen LogP contribution in [0.4, 0.5) is 0 Å². The van der Waals surface area contributed by atoms with Crippen LogP contribution < -0.4 is 5.32 Å². The number of nitrogens with one attached hydrogen (secondary N) is 1. The van der Waals surface area contributed by atoms with Gasteiger partial charge in [0, 0.05) is 19.6 Å². The molecule has 1 fully saturated rings. The first kappa shape index (κ1) is 11.5. The lowest BCUT2D eigenvalue weighted by molar-refractivity contribution is -0.124. The van der Waals surface area contributed by atoms with Crippen molar-refractivity contribution in [2.24, 2.45) is 5.92 Å². The SMILES string of the molecule is N#CN1CC[C@H](C(=O)NCc2ccccc2)C1. The first-order valence-corrected chi connectivity index (χ1v) is 5.76. The summed E-state index contributed by atoms with van der Waals surface area (Å²) in [4.78, 5) is 13.5. The van der Waals surface area contributed by atoms with Gasteiger partial charge < -0.3 is 10.2 Å². The molecule has 0 bridgehead atoms. The second-order valence-electron chi connectivity index (χ2n) is 4.24. The quantitative estimate of drug-likeness (QED) is 0.790. The number of benzene rings is 1. The van der Waals surface area contributed by atoms with Gasteiger partial charge in [-0.15, -0.1) is 0 Å². The van der Waals surface area contributed by atoms with E-state index >= 15 is 0 Å². The average molecular weight is 229 g/mol. The lowest BCUT2D eigenvalue weighted by Crippen LogP contribution is -2.31. The molecule has 4 nitrogen and oxygen atoms in total. The number of likely N-dealkylation sites (tertiary alicyclic amines) is 1. The molecule has 17 heavy (non-hydrogen) atoms. The van der Waals surface area contributed by atoms with Gasteiger partial charge in [0.05, 0.1) is 5.92 Å². The fraction of sp³-hybridized carbons (Fsp3) is 0.385. The van der Waals surface area contributed by atoms with Crippen LogP contribution in [0, 0.1) is 17.4 Å². The molecule has 0 spiro atoms. The molecule has 0 aromatic heterocycles. The van der Waals surface area contributed by atoms with Crippen LogP contribution in [0.25, 0.3) is 0 Å². The lowest BCUT2D eigenvalue weighted by Gasteiger charge is -2.10. The Hall–Kier alpha value is -2.02. The number of hydrogen-bond acceptors (Lipinski definition) is 3. The van der Waals surface area contributed by atoms with Crippen LogP contribution in [0.2, 0.25) is 0 Å². The highest BCUT2D eigenvalue weighted by Crippen LogP contribution is 2.15. The number of hydrogen-bond donors (Lipinski definition) is 1. The summed E-state index contributed by atoms with van der Waals surface area (Å²) in [7, 11) is 0. The predicted molar refractivity (Wildman–Crippen MR) is 63.6 cm³/mol. The highest BCUT2D eigenvalue weighted by molar-refractivity contribution is 5.79. The molecule has 2 rings (SSSR count). The summed E-state index contributed by atoms with van der Waals surface area (Å²) in [5, 5.41) is 11.6. The van der Waals surface area contributed by atoms with Crippen molar-refractivity contribution in [3.8, 4) is 6.19 Å². The fourth-order valence-corrected chi connectivity index (χ4v) is 1.99. The van der Waals surface area contributed by atoms with E-state index in [1.54, 1.807) is 4.90 Å². The Morgan fingerprint density at radius 3 is 2.88 bits per heavy atom. The van der Waals surface area contributed by atoms with Crippen molar-refractivity contribution in [3.05, 3.63) is 35.9 Å². The van der Waals surface area contributed by atoms with Gasteiger partial charge in [0.15, 0.2) is 6.19 Å². The number of carbonyl (C=O) groups is 1. The van der Waals surface area contributed by atoms with Crippen LogP contribution in [-0.4, -0.2) is 23.9 Å². The van der Waals surface area contributed by atoms with Crippen molar-refractivity contribution in [2.75, 3.05) is 13.1 Å². The summed E-state index contributed by atoms with van der Waals surface area (Å²) < 4.78 is 0. The Bertz CT molecular complexity index is 424. The maximum atomic E-state index is 11.8. The minimum atomic E-state index is -0.0432. The molecule has 1 aliphatic heterocycles. The van der Waals surface area contributed by atoms with Crippen molar-refractivity contribution in [1.82, 2.24) is 10.2 Å². The highest BCUT2D eigenvalue weighted by Gasteiger charge is 2.27. The Morgan fingerprint density at radius 1 is 1.47 bits per heavy atom. The Morgan fingerprint density at radius 2 is 2.24 bits per heavy atom. The smallest absolute Gasteiger partial charge is 0.225 e. The van der Waals surface area contributed by atoms with Gasteiger partial charge in [-0.2, -0.15) is 5.26 Å². The predicted octanol–water partition coefficient (Wildman–Crippen LogP) is 1.11. The van der Waals surface area contributed by atoms with Crippen LogP contribution in [0.15, 0.2) is 30.3 Å². The number of nitrogens with zero attached hydrogens (tertiary/aromatic N) is 2. The molecule has 1 atom stereocenters. The van der Waals surface area contributed by atoms with Crippen LogP contribution in [0.5, 0.6) is 0 Å². The summed E-state index contributed by atoms with van der Waals surface area (Å²) in [6.45, 7) is 1.81. The van der Waals surface area contributed by atoms with Gasteiger partial charge in [0.25, 0.3) is 0 Å².